The first-order valence-electron chi connectivity index (χ1n) is 6.87. The van der Waals surface area contributed by atoms with Crippen molar-refractivity contribution in [1.82, 2.24) is 20.0 Å². The summed E-state index contributed by atoms with van der Waals surface area (Å²) in [5.74, 6) is 0. The Morgan fingerprint density at radius 1 is 1.29 bits per heavy atom. The summed E-state index contributed by atoms with van der Waals surface area (Å²) in [5, 5.41) is 7.91. The highest BCUT2D eigenvalue weighted by molar-refractivity contribution is 4.89. The highest BCUT2D eigenvalue weighted by Gasteiger charge is 2.31. The SMILES string of the molecule is c1cnn(CCNC2CCN3CCCC3C2)c1. The van der Waals surface area contributed by atoms with Crippen LogP contribution < -0.4 is 5.32 Å². The van der Waals surface area contributed by atoms with Crippen molar-refractivity contribution in [2.75, 3.05) is 19.6 Å². The van der Waals surface area contributed by atoms with Crippen molar-refractivity contribution in [1.29, 1.82) is 0 Å². The number of nitrogens with one attached hydrogen (secondary N) is 1. The van der Waals surface area contributed by atoms with E-state index in [4.69, 9.17) is 0 Å². The van der Waals surface area contributed by atoms with Gasteiger partial charge in [-0.3, -0.25) is 4.68 Å². The largest absolute Gasteiger partial charge is 0.312 e. The topological polar surface area (TPSA) is 33.1 Å². The van der Waals surface area contributed by atoms with Crippen molar-refractivity contribution < 1.29 is 0 Å². The zero-order valence-electron chi connectivity index (χ0n) is 10.4. The van der Waals surface area contributed by atoms with Crippen LogP contribution in [0.1, 0.15) is 25.7 Å². The Balaban J connectivity index is 1.40. The molecular weight excluding hydrogens is 212 g/mol. The normalized spacial score (nSPS) is 29.4. The van der Waals surface area contributed by atoms with Gasteiger partial charge in [-0.25, -0.2) is 0 Å². The van der Waals surface area contributed by atoms with Crippen molar-refractivity contribution in [3.05, 3.63) is 18.5 Å². The van der Waals surface area contributed by atoms with Crippen molar-refractivity contribution in [3.63, 3.8) is 0 Å². The second-order valence-electron chi connectivity index (χ2n) is 5.28. The van der Waals surface area contributed by atoms with Crippen LogP contribution >= 0.6 is 0 Å². The summed E-state index contributed by atoms with van der Waals surface area (Å²) >= 11 is 0. The molecular formula is C13H22N4. The Hall–Kier alpha value is -0.870. The average molecular weight is 234 g/mol. The van der Waals surface area contributed by atoms with Gasteiger partial charge in [0.05, 0.1) is 6.54 Å². The van der Waals surface area contributed by atoms with Gasteiger partial charge in [-0.2, -0.15) is 5.10 Å². The summed E-state index contributed by atoms with van der Waals surface area (Å²) in [6.07, 6.45) is 9.36. The fraction of sp³-hybridized carbons (Fsp3) is 0.769. The van der Waals surface area contributed by atoms with Crippen molar-refractivity contribution in [3.8, 4) is 0 Å². The van der Waals surface area contributed by atoms with Crippen LogP contribution in [0.4, 0.5) is 0 Å². The molecule has 2 fully saturated rings. The minimum atomic E-state index is 0.727. The smallest absolute Gasteiger partial charge is 0.0534 e. The van der Waals surface area contributed by atoms with Crippen LogP contribution in [0.2, 0.25) is 0 Å². The van der Waals surface area contributed by atoms with E-state index in [1.807, 2.05) is 23.1 Å². The Bertz CT molecular complexity index is 335. The second kappa shape index (κ2) is 5.19. The van der Waals surface area contributed by atoms with Crippen LogP contribution in [0.3, 0.4) is 0 Å². The van der Waals surface area contributed by atoms with Crippen LogP contribution in [-0.2, 0) is 6.54 Å². The lowest BCUT2D eigenvalue weighted by Gasteiger charge is -2.35. The molecule has 0 saturated carbocycles. The summed E-state index contributed by atoms with van der Waals surface area (Å²) < 4.78 is 2.00. The van der Waals surface area contributed by atoms with Gasteiger partial charge in [0, 0.05) is 31.0 Å². The minimum absolute atomic E-state index is 0.727. The van der Waals surface area contributed by atoms with E-state index in [-0.39, 0.29) is 0 Å². The first-order valence-corrected chi connectivity index (χ1v) is 6.87. The molecule has 94 valence electrons. The molecule has 2 aliphatic rings. The molecule has 2 unspecified atom stereocenters. The van der Waals surface area contributed by atoms with Gasteiger partial charge in [-0.1, -0.05) is 0 Å². The number of aromatic nitrogens is 2. The van der Waals surface area contributed by atoms with Gasteiger partial charge in [-0.15, -0.1) is 0 Å². The average Bonchev–Trinajstić information content (AvgIpc) is 2.98. The molecule has 0 aliphatic carbocycles. The molecule has 0 radical (unpaired) electrons. The summed E-state index contributed by atoms with van der Waals surface area (Å²) in [5.41, 5.74) is 0. The van der Waals surface area contributed by atoms with E-state index in [0.717, 1.165) is 25.2 Å². The zero-order chi connectivity index (χ0) is 11.5. The molecule has 0 spiro atoms. The molecule has 3 rings (SSSR count). The van der Waals surface area contributed by atoms with E-state index in [2.05, 4.69) is 15.3 Å². The number of hydrogen-bond acceptors (Lipinski definition) is 3. The van der Waals surface area contributed by atoms with Crippen molar-refractivity contribution in [2.45, 2.75) is 44.3 Å². The minimum Gasteiger partial charge on any atom is -0.312 e. The molecule has 2 saturated heterocycles. The molecule has 2 aliphatic heterocycles. The van der Waals surface area contributed by atoms with Crippen molar-refractivity contribution in [2.24, 2.45) is 0 Å². The number of rotatable bonds is 4. The van der Waals surface area contributed by atoms with E-state index in [1.54, 1.807) is 0 Å². The summed E-state index contributed by atoms with van der Waals surface area (Å²) in [6, 6.07) is 3.58. The van der Waals surface area contributed by atoms with Crippen LogP contribution in [0.25, 0.3) is 0 Å². The molecule has 0 amide bonds. The van der Waals surface area contributed by atoms with Gasteiger partial charge >= 0.3 is 0 Å². The van der Waals surface area contributed by atoms with E-state index >= 15 is 0 Å². The Labute approximate surface area is 103 Å². The summed E-state index contributed by atoms with van der Waals surface area (Å²) in [4.78, 5) is 2.67. The lowest BCUT2D eigenvalue weighted by molar-refractivity contribution is 0.166. The van der Waals surface area contributed by atoms with E-state index in [0.29, 0.717) is 0 Å². The molecule has 3 heterocycles. The lowest BCUT2D eigenvalue weighted by Crippen LogP contribution is -2.46. The number of hydrogen-bond donors (Lipinski definition) is 1. The van der Waals surface area contributed by atoms with Gasteiger partial charge in [0.2, 0.25) is 0 Å². The predicted octanol–water partition coefficient (Wildman–Crippen LogP) is 1.10. The van der Waals surface area contributed by atoms with Crippen LogP contribution in [0.5, 0.6) is 0 Å². The maximum absolute atomic E-state index is 4.22. The predicted molar refractivity (Wildman–Crippen MR) is 67.8 cm³/mol. The first kappa shape index (κ1) is 11.2. The van der Waals surface area contributed by atoms with E-state index in [9.17, 15) is 0 Å². The summed E-state index contributed by atoms with van der Waals surface area (Å²) in [7, 11) is 0. The zero-order valence-corrected chi connectivity index (χ0v) is 10.4. The maximum Gasteiger partial charge on any atom is 0.0534 e. The lowest BCUT2D eigenvalue weighted by atomic mass is 9.98. The van der Waals surface area contributed by atoms with E-state index in [1.165, 1.54) is 38.8 Å². The molecule has 4 heteroatoms. The fourth-order valence-electron chi connectivity index (χ4n) is 3.23. The highest BCUT2D eigenvalue weighted by atomic mass is 15.3. The third-order valence-corrected chi connectivity index (χ3v) is 4.15. The van der Waals surface area contributed by atoms with Gasteiger partial charge in [0.25, 0.3) is 0 Å². The molecule has 4 nitrogen and oxygen atoms in total. The molecule has 1 N–H and O–H groups in total. The van der Waals surface area contributed by atoms with E-state index < -0.39 is 0 Å². The first-order chi connectivity index (χ1) is 8.42. The Morgan fingerprint density at radius 3 is 3.18 bits per heavy atom. The number of nitrogens with zero attached hydrogens (tertiary/aromatic N) is 3. The van der Waals surface area contributed by atoms with Gasteiger partial charge < -0.3 is 10.2 Å². The van der Waals surface area contributed by atoms with Gasteiger partial charge in [-0.05, 0) is 44.8 Å². The fourth-order valence-corrected chi connectivity index (χ4v) is 3.23. The number of piperidine rings is 1. The Kier molecular flexibility index (Phi) is 3.43. The Morgan fingerprint density at radius 2 is 2.29 bits per heavy atom. The second-order valence-corrected chi connectivity index (χ2v) is 5.28. The molecule has 17 heavy (non-hydrogen) atoms. The van der Waals surface area contributed by atoms with Crippen molar-refractivity contribution >= 4 is 0 Å². The number of fused-ring (bicyclic) bond motifs is 1. The monoisotopic (exact) mass is 234 g/mol. The molecule has 0 bridgehead atoms. The van der Waals surface area contributed by atoms with Crippen LogP contribution in [-0.4, -0.2) is 46.4 Å². The highest BCUT2D eigenvalue weighted by Crippen LogP contribution is 2.26. The quantitative estimate of drug-likeness (QED) is 0.847. The van der Waals surface area contributed by atoms with Gasteiger partial charge in [0.1, 0.15) is 0 Å². The summed E-state index contributed by atoms with van der Waals surface area (Å²) in [6.45, 7) is 4.66. The third-order valence-electron chi connectivity index (χ3n) is 4.15. The van der Waals surface area contributed by atoms with Crippen LogP contribution in [0.15, 0.2) is 18.5 Å². The standard InChI is InChI=1S/C13H22N4/c1-3-13-11-12(4-9-16(13)7-1)14-6-10-17-8-2-5-15-17/h2,5,8,12-14H,1,3-4,6-7,9-11H2. The maximum atomic E-state index is 4.22. The molecule has 0 aromatic carbocycles. The molecule has 2 atom stereocenters. The van der Waals surface area contributed by atoms with Crippen LogP contribution in [0, 0.1) is 0 Å². The van der Waals surface area contributed by atoms with Gasteiger partial charge in [0.15, 0.2) is 0 Å². The molecule has 1 aromatic heterocycles. The molecule has 1 aromatic rings. The third kappa shape index (κ3) is 2.69.